The smallest absolute Gasteiger partial charge is 0.223 e. The average Bonchev–Trinajstić information content (AvgIpc) is 2.24. The van der Waals surface area contributed by atoms with Crippen LogP contribution in [0.25, 0.3) is 0 Å². The molecule has 1 aromatic heterocycles. The molecule has 1 aromatic rings. The summed E-state index contributed by atoms with van der Waals surface area (Å²) in [5.74, 6) is -0.158. The van der Waals surface area contributed by atoms with Crippen LogP contribution in [-0.4, -0.2) is 22.9 Å². The van der Waals surface area contributed by atoms with E-state index in [9.17, 15) is 9.90 Å². The van der Waals surface area contributed by atoms with Crippen LogP contribution in [0.1, 0.15) is 19.0 Å². The van der Waals surface area contributed by atoms with E-state index in [2.05, 4.69) is 0 Å². The van der Waals surface area contributed by atoms with E-state index >= 15 is 0 Å². The van der Waals surface area contributed by atoms with Gasteiger partial charge in [0.05, 0.1) is 5.69 Å². The third kappa shape index (κ3) is 3.87. The quantitative estimate of drug-likeness (QED) is 0.806. The first kappa shape index (κ1) is 15.0. The van der Waals surface area contributed by atoms with Crippen LogP contribution < -0.4 is 5.43 Å². The Hall–Kier alpha value is -1.00. The molecule has 5 heteroatoms. The highest BCUT2D eigenvalue weighted by Gasteiger charge is 2.04. The Kier molecular flexibility index (Phi) is 6.85. The average molecular weight is 248 g/mol. The second-order valence-electron chi connectivity index (χ2n) is 3.36. The molecule has 0 spiro atoms. The number of aromatic hydroxyl groups is 1. The molecule has 0 aliphatic heterocycles. The Balaban J connectivity index is 0.00000225. The molecule has 0 atom stereocenters. The van der Waals surface area contributed by atoms with Gasteiger partial charge in [0.2, 0.25) is 5.43 Å². The molecule has 0 fully saturated rings. The SMILES string of the molecule is CCOCCCn1ccc(=O)c(O)c1C.Cl. The van der Waals surface area contributed by atoms with Crippen molar-refractivity contribution in [2.24, 2.45) is 0 Å². The summed E-state index contributed by atoms with van der Waals surface area (Å²) in [5.41, 5.74) is 0.285. The van der Waals surface area contributed by atoms with Crippen molar-refractivity contribution in [3.63, 3.8) is 0 Å². The largest absolute Gasteiger partial charge is 0.503 e. The Labute approximate surface area is 101 Å². The lowest BCUT2D eigenvalue weighted by molar-refractivity contribution is 0.141. The molecule has 0 saturated carbocycles. The predicted molar refractivity (Wildman–Crippen MR) is 65.5 cm³/mol. The third-order valence-electron chi connectivity index (χ3n) is 2.30. The molecule has 1 rings (SSSR count). The maximum Gasteiger partial charge on any atom is 0.223 e. The second kappa shape index (κ2) is 7.30. The lowest BCUT2D eigenvalue weighted by Crippen LogP contribution is -2.11. The highest BCUT2D eigenvalue weighted by atomic mass is 35.5. The minimum absolute atomic E-state index is 0. The Morgan fingerprint density at radius 2 is 2.19 bits per heavy atom. The van der Waals surface area contributed by atoms with Crippen molar-refractivity contribution in [3.05, 3.63) is 28.2 Å². The van der Waals surface area contributed by atoms with E-state index in [1.807, 2.05) is 11.5 Å². The number of nitrogens with zero attached hydrogens (tertiary/aromatic N) is 1. The number of aryl methyl sites for hydroxylation is 1. The first-order chi connectivity index (χ1) is 7.16. The zero-order valence-electron chi connectivity index (χ0n) is 9.60. The fourth-order valence-corrected chi connectivity index (χ4v) is 1.39. The molecule has 0 aliphatic carbocycles. The van der Waals surface area contributed by atoms with Gasteiger partial charge in [-0.15, -0.1) is 12.4 Å². The molecule has 92 valence electrons. The number of hydrogen-bond donors (Lipinski definition) is 1. The van der Waals surface area contributed by atoms with Crippen molar-refractivity contribution in [2.45, 2.75) is 26.8 Å². The molecule has 0 unspecified atom stereocenters. The summed E-state index contributed by atoms with van der Waals surface area (Å²) in [4.78, 5) is 11.1. The summed E-state index contributed by atoms with van der Waals surface area (Å²) in [6.45, 7) is 5.85. The van der Waals surface area contributed by atoms with Crippen molar-refractivity contribution in [1.82, 2.24) is 4.57 Å². The van der Waals surface area contributed by atoms with Crippen LogP contribution in [0.5, 0.6) is 5.75 Å². The van der Waals surface area contributed by atoms with Gasteiger partial charge >= 0.3 is 0 Å². The van der Waals surface area contributed by atoms with Crippen LogP contribution in [0, 0.1) is 6.92 Å². The zero-order valence-corrected chi connectivity index (χ0v) is 10.4. The van der Waals surface area contributed by atoms with E-state index in [0.717, 1.165) is 13.0 Å². The number of pyridine rings is 1. The van der Waals surface area contributed by atoms with Gasteiger partial charge in [0.15, 0.2) is 5.75 Å². The predicted octanol–water partition coefficient (Wildman–Crippen LogP) is 1.71. The monoisotopic (exact) mass is 247 g/mol. The first-order valence-electron chi connectivity index (χ1n) is 5.13. The molecular weight excluding hydrogens is 230 g/mol. The maximum absolute atomic E-state index is 11.1. The highest BCUT2D eigenvalue weighted by Crippen LogP contribution is 2.09. The van der Waals surface area contributed by atoms with Crippen molar-refractivity contribution < 1.29 is 9.84 Å². The first-order valence-corrected chi connectivity index (χ1v) is 5.13. The van der Waals surface area contributed by atoms with Gasteiger partial charge < -0.3 is 14.4 Å². The summed E-state index contributed by atoms with van der Waals surface area (Å²) >= 11 is 0. The van der Waals surface area contributed by atoms with Crippen molar-refractivity contribution in [1.29, 1.82) is 0 Å². The van der Waals surface area contributed by atoms with Crippen molar-refractivity contribution in [3.8, 4) is 5.75 Å². The van der Waals surface area contributed by atoms with E-state index in [1.165, 1.54) is 6.07 Å². The summed E-state index contributed by atoms with van der Waals surface area (Å²) in [6, 6.07) is 1.38. The number of rotatable bonds is 5. The van der Waals surface area contributed by atoms with E-state index in [-0.39, 0.29) is 23.6 Å². The number of aromatic nitrogens is 1. The van der Waals surface area contributed by atoms with Gasteiger partial charge in [-0.2, -0.15) is 0 Å². The van der Waals surface area contributed by atoms with Crippen LogP contribution in [0.3, 0.4) is 0 Å². The molecule has 0 amide bonds. The van der Waals surface area contributed by atoms with Gasteiger partial charge in [-0.1, -0.05) is 0 Å². The minimum Gasteiger partial charge on any atom is -0.503 e. The number of hydrogen-bond acceptors (Lipinski definition) is 3. The van der Waals surface area contributed by atoms with Crippen LogP contribution in [-0.2, 0) is 11.3 Å². The minimum atomic E-state index is -0.325. The fraction of sp³-hybridized carbons (Fsp3) is 0.545. The normalized spacial score (nSPS) is 9.88. The van der Waals surface area contributed by atoms with Gasteiger partial charge in [0, 0.05) is 32.0 Å². The molecule has 0 saturated heterocycles. The third-order valence-corrected chi connectivity index (χ3v) is 2.30. The summed E-state index contributed by atoms with van der Waals surface area (Å²) in [6.07, 6.45) is 2.57. The van der Waals surface area contributed by atoms with E-state index < -0.39 is 0 Å². The molecule has 0 aliphatic rings. The van der Waals surface area contributed by atoms with E-state index in [1.54, 1.807) is 13.1 Å². The summed E-state index contributed by atoms with van der Waals surface area (Å²) in [7, 11) is 0. The summed E-state index contributed by atoms with van der Waals surface area (Å²) in [5, 5.41) is 9.43. The topological polar surface area (TPSA) is 51.5 Å². The molecule has 0 bridgehead atoms. The number of halogens is 1. The molecule has 0 radical (unpaired) electrons. The summed E-state index contributed by atoms with van der Waals surface area (Å²) < 4.78 is 7.07. The standard InChI is InChI=1S/C11H17NO3.ClH/c1-3-15-8-4-6-12-7-5-10(13)11(14)9(12)2;/h5,7,14H,3-4,6,8H2,1-2H3;1H. The van der Waals surface area contributed by atoms with Gasteiger partial charge in [0.1, 0.15) is 0 Å². The second-order valence-corrected chi connectivity index (χ2v) is 3.36. The molecule has 1 heterocycles. The van der Waals surface area contributed by atoms with Gasteiger partial charge in [-0.25, -0.2) is 0 Å². The molecular formula is C11H18ClNO3. The Morgan fingerprint density at radius 1 is 1.50 bits per heavy atom. The van der Waals surface area contributed by atoms with Crippen molar-refractivity contribution >= 4 is 12.4 Å². The van der Waals surface area contributed by atoms with Crippen LogP contribution >= 0.6 is 12.4 Å². The van der Waals surface area contributed by atoms with Gasteiger partial charge in [-0.05, 0) is 20.3 Å². The van der Waals surface area contributed by atoms with Crippen LogP contribution in [0.4, 0.5) is 0 Å². The maximum atomic E-state index is 11.1. The Bertz CT molecular complexity index is 376. The van der Waals surface area contributed by atoms with Crippen molar-refractivity contribution in [2.75, 3.05) is 13.2 Å². The molecule has 1 N–H and O–H groups in total. The lowest BCUT2D eigenvalue weighted by atomic mass is 10.3. The van der Waals surface area contributed by atoms with Gasteiger partial charge in [0.25, 0.3) is 0 Å². The molecule has 16 heavy (non-hydrogen) atoms. The van der Waals surface area contributed by atoms with Gasteiger partial charge in [-0.3, -0.25) is 4.79 Å². The number of ether oxygens (including phenoxy) is 1. The van der Waals surface area contributed by atoms with Crippen LogP contribution in [0.2, 0.25) is 0 Å². The van der Waals surface area contributed by atoms with E-state index in [0.29, 0.717) is 18.9 Å². The molecule has 4 nitrogen and oxygen atoms in total. The molecule has 0 aromatic carbocycles. The van der Waals surface area contributed by atoms with Crippen LogP contribution in [0.15, 0.2) is 17.1 Å². The van der Waals surface area contributed by atoms with E-state index in [4.69, 9.17) is 4.74 Å². The zero-order chi connectivity index (χ0) is 11.3. The fourth-order valence-electron chi connectivity index (χ4n) is 1.39. The lowest BCUT2D eigenvalue weighted by Gasteiger charge is -2.11. The Morgan fingerprint density at radius 3 is 2.81 bits per heavy atom. The highest BCUT2D eigenvalue weighted by molar-refractivity contribution is 5.85.